The van der Waals surface area contributed by atoms with Crippen LogP contribution in [0.3, 0.4) is 0 Å². The van der Waals surface area contributed by atoms with Gasteiger partial charge in [0.2, 0.25) is 10.0 Å². The lowest BCUT2D eigenvalue weighted by molar-refractivity contribution is 0.386. The first-order chi connectivity index (χ1) is 10.8. The van der Waals surface area contributed by atoms with Crippen molar-refractivity contribution in [2.45, 2.75) is 18.7 Å². The Morgan fingerprint density at radius 2 is 1.78 bits per heavy atom. The van der Waals surface area contributed by atoms with Crippen LogP contribution in [0.4, 0.5) is 8.78 Å². The Kier molecular flexibility index (Phi) is 5.33. The van der Waals surface area contributed by atoms with E-state index in [0.29, 0.717) is 11.1 Å². The maximum absolute atomic E-state index is 13.7. The zero-order valence-electron chi connectivity index (χ0n) is 12.7. The Balaban J connectivity index is 2.10. The number of sulfonamides is 1. The number of benzene rings is 2. The quantitative estimate of drug-likeness (QED) is 0.878. The number of hydrogen-bond donors (Lipinski definition) is 1. The van der Waals surface area contributed by atoms with Gasteiger partial charge in [0.25, 0.3) is 0 Å². The average Bonchev–Trinajstić information content (AvgIpc) is 2.48. The highest BCUT2D eigenvalue weighted by Gasteiger charge is 2.18. The lowest BCUT2D eigenvalue weighted by Crippen LogP contribution is -2.28. The lowest BCUT2D eigenvalue weighted by Gasteiger charge is -2.15. The molecule has 4 nitrogen and oxygen atoms in total. The molecule has 0 saturated heterocycles. The van der Waals surface area contributed by atoms with Gasteiger partial charge in [-0.1, -0.05) is 18.2 Å². The minimum absolute atomic E-state index is 0.0927. The average molecular weight is 341 g/mol. The van der Waals surface area contributed by atoms with Crippen molar-refractivity contribution in [3.8, 4) is 5.75 Å². The molecule has 2 rings (SSSR count). The Bertz CT molecular complexity index is 776. The van der Waals surface area contributed by atoms with Crippen LogP contribution in [0.1, 0.15) is 24.1 Å². The van der Waals surface area contributed by atoms with Gasteiger partial charge in [0.15, 0.2) is 11.6 Å². The smallest absolute Gasteiger partial charge is 0.216 e. The van der Waals surface area contributed by atoms with E-state index in [1.807, 2.05) is 0 Å². The lowest BCUT2D eigenvalue weighted by atomic mass is 10.1. The second-order valence-electron chi connectivity index (χ2n) is 5.12. The zero-order chi connectivity index (χ0) is 17.0. The first-order valence-corrected chi connectivity index (χ1v) is 8.54. The molecule has 7 heteroatoms. The predicted molar refractivity (Wildman–Crippen MR) is 83.5 cm³/mol. The summed E-state index contributed by atoms with van der Waals surface area (Å²) in [5.41, 5.74) is 0.943. The van der Waals surface area contributed by atoms with Crippen molar-refractivity contribution in [2.75, 3.05) is 7.11 Å². The first kappa shape index (κ1) is 17.4. The maximum Gasteiger partial charge on any atom is 0.216 e. The number of methoxy groups -OCH3 is 1. The van der Waals surface area contributed by atoms with Crippen molar-refractivity contribution < 1.29 is 21.9 Å². The molecule has 0 fully saturated rings. The zero-order valence-corrected chi connectivity index (χ0v) is 13.5. The maximum atomic E-state index is 13.7. The molecule has 0 aliphatic rings. The number of nitrogens with one attached hydrogen (secondary N) is 1. The normalized spacial score (nSPS) is 12.9. The van der Waals surface area contributed by atoms with E-state index in [4.69, 9.17) is 4.74 Å². The van der Waals surface area contributed by atoms with Crippen molar-refractivity contribution in [1.29, 1.82) is 0 Å². The fourth-order valence-electron chi connectivity index (χ4n) is 2.13. The SMILES string of the molecule is COc1ccc([C@@H](C)NS(=O)(=O)Cc2ccc(F)cc2)cc1F. The Hall–Kier alpha value is -1.99. The molecule has 0 aromatic heterocycles. The minimum Gasteiger partial charge on any atom is -0.494 e. The molecule has 0 aliphatic carbocycles. The van der Waals surface area contributed by atoms with Crippen molar-refractivity contribution in [1.82, 2.24) is 4.72 Å². The van der Waals surface area contributed by atoms with E-state index >= 15 is 0 Å². The van der Waals surface area contributed by atoms with Crippen LogP contribution >= 0.6 is 0 Å². The highest BCUT2D eigenvalue weighted by atomic mass is 32.2. The predicted octanol–water partition coefficient (Wildman–Crippen LogP) is 3.15. The van der Waals surface area contributed by atoms with Gasteiger partial charge in [0.05, 0.1) is 12.9 Å². The molecular weight excluding hydrogens is 324 g/mol. The molecule has 0 unspecified atom stereocenters. The summed E-state index contributed by atoms with van der Waals surface area (Å²) in [4.78, 5) is 0. The molecule has 0 radical (unpaired) electrons. The second-order valence-corrected chi connectivity index (χ2v) is 6.87. The summed E-state index contributed by atoms with van der Waals surface area (Å²) in [5.74, 6) is -1.18. The summed E-state index contributed by atoms with van der Waals surface area (Å²) in [6, 6.07) is 8.87. The third kappa shape index (κ3) is 4.74. The van der Waals surface area contributed by atoms with Crippen LogP contribution in [0, 0.1) is 11.6 Å². The highest BCUT2D eigenvalue weighted by molar-refractivity contribution is 7.88. The van der Waals surface area contributed by atoms with E-state index in [2.05, 4.69) is 4.72 Å². The third-order valence-corrected chi connectivity index (χ3v) is 4.73. The van der Waals surface area contributed by atoms with Crippen molar-refractivity contribution >= 4 is 10.0 Å². The van der Waals surface area contributed by atoms with Gasteiger partial charge in [0, 0.05) is 6.04 Å². The first-order valence-electron chi connectivity index (χ1n) is 6.88. The van der Waals surface area contributed by atoms with Crippen molar-refractivity contribution in [3.05, 3.63) is 65.2 Å². The minimum atomic E-state index is -3.65. The molecule has 23 heavy (non-hydrogen) atoms. The highest BCUT2D eigenvalue weighted by Crippen LogP contribution is 2.22. The summed E-state index contributed by atoms with van der Waals surface area (Å²) in [7, 11) is -2.30. The Labute approximate surface area is 134 Å². The van der Waals surface area contributed by atoms with Crippen molar-refractivity contribution in [3.63, 3.8) is 0 Å². The summed E-state index contributed by atoms with van der Waals surface area (Å²) in [6.07, 6.45) is 0. The van der Waals surface area contributed by atoms with Crippen LogP contribution in [0.2, 0.25) is 0 Å². The Morgan fingerprint density at radius 1 is 1.13 bits per heavy atom. The summed E-state index contributed by atoms with van der Waals surface area (Å²) < 4.78 is 58.1. The molecule has 0 aliphatic heterocycles. The van der Waals surface area contributed by atoms with Crippen LogP contribution in [-0.4, -0.2) is 15.5 Å². The van der Waals surface area contributed by atoms with Crippen LogP contribution in [0.15, 0.2) is 42.5 Å². The molecule has 0 amide bonds. The molecule has 124 valence electrons. The molecule has 1 N–H and O–H groups in total. The molecule has 0 saturated carbocycles. The van der Waals surface area contributed by atoms with Gasteiger partial charge in [0.1, 0.15) is 5.82 Å². The summed E-state index contributed by atoms with van der Waals surface area (Å²) in [6.45, 7) is 1.61. The van der Waals surface area contributed by atoms with Crippen molar-refractivity contribution in [2.24, 2.45) is 0 Å². The molecule has 0 bridgehead atoms. The van der Waals surface area contributed by atoms with E-state index in [1.165, 1.54) is 43.5 Å². The number of hydrogen-bond acceptors (Lipinski definition) is 3. The van der Waals surface area contributed by atoms with Gasteiger partial charge in [-0.15, -0.1) is 0 Å². The van der Waals surface area contributed by atoms with E-state index in [1.54, 1.807) is 13.0 Å². The molecule has 2 aromatic rings. The molecule has 0 spiro atoms. The Morgan fingerprint density at radius 3 is 2.35 bits per heavy atom. The fraction of sp³-hybridized carbons (Fsp3) is 0.250. The number of ether oxygens (including phenoxy) is 1. The van der Waals surface area contributed by atoms with Gasteiger partial charge < -0.3 is 4.74 Å². The van der Waals surface area contributed by atoms with E-state index in [0.717, 1.165) is 0 Å². The largest absolute Gasteiger partial charge is 0.494 e. The van der Waals surface area contributed by atoms with Crippen LogP contribution in [-0.2, 0) is 15.8 Å². The molecular formula is C16H17F2NO3S. The summed E-state index contributed by atoms with van der Waals surface area (Å²) in [5, 5.41) is 0. The topological polar surface area (TPSA) is 55.4 Å². The van der Waals surface area contributed by atoms with Crippen LogP contribution in [0.5, 0.6) is 5.75 Å². The third-order valence-electron chi connectivity index (χ3n) is 3.30. The second kappa shape index (κ2) is 7.06. The van der Waals surface area contributed by atoms with E-state index in [9.17, 15) is 17.2 Å². The van der Waals surface area contributed by atoms with Gasteiger partial charge >= 0.3 is 0 Å². The summed E-state index contributed by atoms with van der Waals surface area (Å²) >= 11 is 0. The van der Waals surface area contributed by atoms with Gasteiger partial charge in [-0.3, -0.25) is 0 Å². The van der Waals surface area contributed by atoms with Gasteiger partial charge in [-0.25, -0.2) is 21.9 Å². The van der Waals surface area contributed by atoms with E-state index < -0.39 is 27.7 Å². The standard InChI is InChI=1S/C16H17F2NO3S/c1-11(13-5-8-16(22-2)15(18)9-13)19-23(20,21)10-12-3-6-14(17)7-4-12/h3-9,11,19H,10H2,1-2H3/t11-/m1/s1. The number of halogens is 2. The van der Waals surface area contributed by atoms with Crippen LogP contribution < -0.4 is 9.46 Å². The van der Waals surface area contributed by atoms with E-state index in [-0.39, 0.29) is 11.5 Å². The molecule has 2 aromatic carbocycles. The monoisotopic (exact) mass is 341 g/mol. The van der Waals surface area contributed by atoms with Gasteiger partial charge in [-0.2, -0.15) is 0 Å². The fourth-order valence-corrected chi connectivity index (χ4v) is 3.52. The number of rotatable bonds is 6. The molecule has 0 heterocycles. The van der Waals surface area contributed by atoms with Gasteiger partial charge in [-0.05, 0) is 42.3 Å². The van der Waals surface area contributed by atoms with Crippen LogP contribution in [0.25, 0.3) is 0 Å². The molecule has 1 atom stereocenters.